The van der Waals surface area contributed by atoms with Gasteiger partial charge < -0.3 is 23.7 Å². The van der Waals surface area contributed by atoms with E-state index >= 15 is 0 Å². The topological polar surface area (TPSA) is 273 Å². The van der Waals surface area contributed by atoms with Gasteiger partial charge in [0.1, 0.15) is 39.1 Å². The van der Waals surface area contributed by atoms with Gasteiger partial charge in [-0.05, 0) is 36.8 Å². The number of hydrogen-bond acceptors (Lipinski definition) is 16. The molecule has 6 aromatic rings. The van der Waals surface area contributed by atoms with E-state index in [0.717, 1.165) is 22.4 Å². The molecule has 2 N–H and O–H groups in total. The lowest BCUT2D eigenvalue weighted by molar-refractivity contribution is -0.385. The Morgan fingerprint density at radius 3 is 1.49 bits per heavy atom. The number of methoxy groups -OCH3 is 5. The van der Waals surface area contributed by atoms with Gasteiger partial charge in [0.2, 0.25) is 20.0 Å². The molecule has 61 heavy (non-hydrogen) atoms. The molecule has 0 unspecified atom stereocenters. The van der Waals surface area contributed by atoms with Crippen LogP contribution in [0.2, 0.25) is 0 Å². The zero-order chi connectivity index (χ0) is 44.5. The van der Waals surface area contributed by atoms with Crippen molar-refractivity contribution in [1.29, 1.82) is 0 Å². The molecule has 0 bridgehead atoms. The Kier molecular flexibility index (Phi) is 14.2. The summed E-state index contributed by atoms with van der Waals surface area (Å²) in [7, 11) is -1.05. The molecule has 322 valence electrons. The van der Waals surface area contributed by atoms with Crippen molar-refractivity contribution in [1.82, 2.24) is 34.0 Å². The molecule has 0 saturated heterocycles. The Morgan fingerprint density at radius 1 is 0.639 bits per heavy atom. The van der Waals surface area contributed by atoms with Crippen molar-refractivity contribution in [3.63, 3.8) is 0 Å². The number of nitrogens with one attached hydrogen (secondary N) is 2. The molecule has 4 aromatic carbocycles. The Hall–Kier alpha value is -7.15. The molecule has 0 amide bonds. The second-order valence-electron chi connectivity index (χ2n) is 12.5. The second-order valence-corrected chi connectivity index (χ2v) is 15.9. The van der Waals surface area contributed by atoms with Crippen LogP contribution in [-0.4, -0.2) is 86.8 Å². The number of hydrogen-bond donors (Lipinski definition) is 2. The molecule has 0 saturated carbocycles. The minimum absolute atomic E-state index is 0.0117. The first-order valence-electron chi connectivity index (χ1n) is 17.5. The number of nitro groups is 2. The first kappa shape index (κ1) is 44.9. The van der Waals surface area contributed by atoms with Crippen molar-refractivity contribution in [2.24, 2.45) is 0 Å². The third-order valence-corrected chi connectivity index (χ3v) is 11.5. The van der Waals surface area contributed by atoms with Gasteiger partial charge in [0.25, 0.3) is 11.4 Å². The van der Waals surface area contributed by atoms with Crippen LogP contribution < -0.4 is 33.1 Å². The van der Waals surface area contributed by atoms with Gasteiger partial charge in [0, 0.05) is 66.8 Å². The van der Waals surface area contributed by atoms with Crippen molar-refractivity contribution < 1.29 is 50.4 Å². The molecule has 0 fully saturated rings. The SMILES string of the molecule is COc1ccc(CNS(=O)(=O)c2cc([N+](=O)[O-])ccc2-n2cc(C)cn2)c(OC)c1.COc1ccc(CNS(=O)(=O)c2cc([N+](=O)[O-])ccc2-n2cnc(OC)n2)c(OC)c1. The molecular formula is C37H39N9O13S2. The van der Waals surface area contributed by atoms with Gasteiger partial charge in [-0.3, -0.25) is 20.2 Å². The predicted octanol–water partition coefficient (Wildman–Crippen LogP) is 4.26. The van der Waals surface area contributed by atoms with E-state index in [2.05, 4.69) is 24.6 Å². The van der Waals surface area contributed by atoms with Crippen LogP contribution in [0.25, 0.3) is 11.4 Å². The average Bonchev–Trinajstić information content (AvgIpc) is 3.94. The highest BCUT2D eigenvalue weighted by atomic mass is 32.2. The summed E-state index contributed by atoms with van der Waals surface area (Å²) in [5, 5.41) is 30.5. The van der Waals surface area contributed by atoms with Crippen LogP contribution >= 0.6 is 0 Å². The normalized spacial score (nSPS) is 11.2. The lowest BCUT2D eigenvalue weighted by atomic mass is 10.2. The maximum absolute atomic E-state index is 13.1. The monoisotopic (exact) mass is 881 g/mol. The van der Waals surface area contributed by atoms with Gasteiger partial charge in [-0.1, -0.05) is 12.1 Å². The Bertz CT molecular complexity index is 2780. The number of nitrogens with zero attached hydrogens (tertiary/aromatic N) is 7. The van der Waals surface area contributed by atoms with Crippen molar-refractivity contribution in [2.75, 3.05) is 35.5 Å². The second kappa shape index (κ2) is 19.3. The summed E-state index contributed by atoms with van der Waals surface area (Å²) in [5.41, 5.74) is 1.46. The zero-order valence-corrected chi connectivity index (χ0v) is 35.0. The van der Waals surface area contributed by atoms with Crippen LogP contribution in [0.1, 0.15) is 16.7 Å². The number of nitro benzene ring substituents is 2. The number of non-ortho nitro benzene ring substituents is 2. The lowest BCUT2D eigenvalue weighted by Gasteiger charge is -2.14. The van der Waals surface area contributed by atoms with Crippen LogP contribution in [0.4, 0.5) is 11.4 Å². The molecule has 2 heterocycles. The van der Waals surface area contributed by atoms with E-state index in [1.807, 2.05) is 0 Å². The van der Waals surface area contributed by atoms with Crippen molar-refractivity contribution >= 4 is 31.4 Å². The summed E-state index contributed by atoms with van der Waals surface area (Å²) < 4.78 is 85.5. The Balaban J connectivity index is 0.000000231. The van der Waals surface area contributed by atoms with E-state index < -0.39 is 35.6 Å². The molecule has 24 heteroatoms. The third kappa shape index (κ3) is 10.7. The van der Waals surface area contributed by atoms with Crippen LogP contribution in [-0.2, 0) is 33.1 Å². The number of ether oxygens (including phenoxy) is 5. The molecule has 2 aromatic heterocycles. The summed E-state index contributed by atoms with van der Waals surface area (Å²) >= 11 is 0. The van der Waals surface area contributed by atoms with E-state index in [4.69, 9.17) is 23.7 Å². The average molecular weight is 882 g/mol. The van der Waals surface area contributed by atoms with E-state index in [9.17, 15) is 37.1 Å². The summed E-state index contributed by atoms with van der Waals surface area (Å²) in [6.45, 7) is 1.59. The fourth-order valence-electron chi connectivity index (χ4n) is 5.54. The number of aromatic nitrogens is 5. The maximum atomic E-state index is 13.1. The van der Waals surface area contributed by atoms with Crippen molar-refractivity contribution in [3.05, 3.63) is 128 Å². The molecule has 22 nitrogen and oxygen atoms in total. The predicted molar refractivity (Wildman–Crippen MR) is 217 cm³/mol. The fraction of sp³-hybridized carbons (Fsp3) is 0.216. The van der Waals surface area contributed by atoms with Gasteiger partial charge >= 0.3 is 6.01 Å². The minimum atomic E-state index is -4.20. The summed E-state index contributed by atoms with van der Waals surface area (Å²) in [6, 6.07) is 16.9. The Labute approximate surface area is 349 Å². The fourth-order valence-corrected chi connectivity index (χ4v) is 7.97. The molecule has 0 atom stereocenters. The highest BCUT2D eigenvalue weighted by molar-refractivity contribution is 7.89. The quantitative estimate of drug-likeness (QED) is 0.0956. The molecule has 6 rings (SSSR count). The van der Waals surface area contributed by atoms with E-state index in [1.165, 1.54) is 70.8 Å². The number of benzene rings is 4. The smallest absolute Gasteiger partial charge is 0.335 e. The van der Waals surface area contributed by atoms with E-state index in [0.29, 0.717) is 34.1 Å². The van der Waals surface area contributed by atoms with Gasteiger partial charge in [-0.15, -0.1) is 5.10 Å². The number of sulfonamides is 2. The van der Waals surface area contributed by atoms with Gasteiger partial charge in [0.05, 0.1) is 63.0 Å². The molecule has 0 radical (unpaired) electrons. The van der Waals surface area contributed by atoms with Crippen molar-refractivity contribution in [3.8, 4) is 40.4 Å². The van der Waals surface area contributed by atoms with Crippen molar-refractivity contribution in [2.45, 2.75) is 29.8 Å². The highest BCUT2D eigenvalue weighted by Crippen LogP contribution is 2.30. The Morgan fingerprint density at radius 2 is 1.11 bits per heavy atom. The minimum Gasteiger partial charge on any atom is -0.497 e. The van der Waals surface area contributed by atoms with Crippen LogP contribution in [0.15, 0.2) is 101 Å². The first-order valence-corrected chi connectivity index (χ1v) is 20.5. The van der Waals surface area contributed by atoms with Gasteiger partial charge in [-0.25, -0.2) is 35.6 Å². The van der Waals surface area contributed by atoms with Gasteiger partial charge in [-0.2, -0.15) is 10.1 Å². The maximum Gasteiger partial charge on any atom is 0.335 e. The van der Waals surface area contributed by atoms with Crippen LogP contribution in [0.3, 0.4) is 0 Å². The standard InChI is InChI=1S/C19H20N4O6S.C18H19N5O7S/c1-13-10-20-22(12-13)17-7-5-15(23(24)25)8-19(17)30(26,27)21-11-14-4-6-16(28-2)9-18(14)29-3;1-28-14-6-4-12(16(9-14)29-2)10-20-31(26,27)17-8-13(23(24)25)5-7-15(17)22-11-19-18(21-22)30-3/h4-10,12,21H,11H2,1-3H3;4-9,11,20H,10H2,1-3H3. The molecule has 0 aliphatic carbocycles. The largest absolute Gasteiger partial charge is 0.497 e. The molecule has 0 spiro atoms. The lowest BCUT2D eigenvalue weighted by Crippen LogP contribution is -2.25. The first-order chi connectivity index (χ1) is 29.0. The zero-order valence-electron chi connectivity index (χ0n) is 33.3. The number of rotatable bonds is 17. The molecule has 0 aliphatic heterocycles. The van der Waals surface area contributed by atoms with Gasteiger partial charge in [0.15, 0.2) is 0 Å². The third-order valence-electron chi connectivity index (χ3n) is 8.64. The van der Waals surface area contributed by atoms with Crippen LogP contribution in [0, 0.1) is 27.2 Å². The number of aryl methyl sites for hydroxylation is 1. The summed E-state index contributed by atoms with van der Waals surface area (Å²) in [4.78, 5) is 24.3. The summed E-state index contributed by atoms with van der Waals surface area (Å²) in [5.74, 6) is 1.97. The molecule has 0 aliphatic rings. The highest BCUT2D eigenvalue weighted by Gasteiger charge is 2.26. The van der Waals surface area contributed by atoms with Crippen LogP contribution in [0.5, 0.6) is 29.0 Å². The van der Waals surface area contributed by atoms with E-state index in [-0.39, 0.29) is 46.0 Å². The summed E-state index contributed by atoms with van der Waals surface area (Å²) in [6.07, 6.45) is 4.44. The van der Waals surface area contributed by atoms with E-state index in [1.54, 1.807) is 55.7 Å². The molecular weight excluding hydrogens is 843 g/mol.